The molecule has 2 heterocycles. The number of aryl methyl sites for hydroxylation is 1. The van der Waals surface area contributed by atoms with E-state index in [9.17, 15) is 19.5 Å². The molecule has 8 heteroatoms. The highest BCUT2D eigenvalue weighted by molar-refractivity contribution is 5.96. The Hall–Kier alpha value is -4.33. The molecule has 0 atom stereocenters. The normalized spacial score (nSPS) is 10.9. The molecule has 0 aliphatic rings. The molecule has 8 nitrogen and oxygen atoms in total. The van der Waals surface area contributed by atoms with Crippen molar-refractivity contribution in [3.8, 4) is 11.5 Å². The summed E-state index contributed by atoms with van der Waals surface area (Å²) in [7, 11) is 0. The van der Waals surface area contributed by atoms with Gasteiger partial charge >= 0.3 is 5.63 Å². The number of carbonyl (C=O) groups is 1. The van der Waals surface area contributed by atoms with Crippen molar-refractivity contribution in [1.29, 1.82) is 0 Å². The van der Waals surface area contributed by atoms with Crippen LogP contribution in [-0.4, -0.2) is 22.1 Å². The quantitative estimate of drug-likeness (QED) is 0.410. The van der Waals surface area contributed by atoms with Crippen LogP contribution in [0.25, 0.3) is 11.0 Å². The van der Waals surface area contributed by atoms with Crippen LogP contribution in [0.2, 0.25) is 0 Å². The number of nitrogens with one attached hydrogen (secondary N) is 1. The van der Waals surface area contributed by atoms with Crippen molar-refractivity contribution >= 4 is 16.9 Å². The maximum absolute atomic E-state index is 12.6. The largest absolute Gasteiger partial charge is 0.503 e. The van der Waals surface area contributed by atoms with E-state index in [0.717, 1.165) is 11.1 Å². The van der Waals surface area contributed by atoms with E-state index in [-0.39, 0.29) is 17.9 Å². The molecule has 0 unspecified atom stereocenters. The van der Waals surface area contributed by atoms with Gasteiger partial charge in [0.05, 0.1) is 5.69 Å². The Morgan fingerprint density at radius 2 is 1.91 bits per heavy atom. The minimum absolute atomic E-state index is 0.111. The van der Waals surface area contributed by atoms with Crippen LogP contribution in [0, 0.1) is 13.8 Å². The number of hydrogen-bond acceptors (Lipinski definition) is 6. The van der Waals surface area contributed by atoms with Crippen LogP contribution in [-0.2, 0) is 13.2 Å². The molecule has 0 aliphatic carbocycles. The summed E-state index contributed by atoms with van der Waals surface area (Å²) in [5.74, 6) is -0.348. The van der Waals surface area contributed by atoms with Crippen molar-refractivity contribution in [3.05, 3.63) is 104 Å². The average molecular weight is 460 g/mol. The zero-order valence-corrected chi connectivity index (χ0v) is 18.8. The number of nitrogens with zero attached hydrogens (tertiary/aromatic N) is 1. The Labute approximate surface area is 195 Å². The molecule has 0 radical (unpaired) electrons. The number of aromatic hydroxyl groups is 1. The van der Waals surface area contributed by atoms with Crippen LogP contribution in [0.15, 0.2) is 74.8 Å². The lowest BCUT2D eigenvalue weighted by Gasteiger charge is -2.12. The number of rotatable bonds is 7. The number of aromatic nitrogens is 1. The minimum Gasteiger partial charge on any atom is -0.503 e. The summed E-state index contributed by atoms with van der Waals surface area (Å²) in [4.78, 5) is 36.4. The standard InChI is InChI=1S/C26H24N2O6/c1-16-4-3-5-18(12-16)15-33-20-7-6-19-13-21(26(32)34-23(19)14-20)25(31)27-9-11-28-10-8-22(29)24(30)17(28)2/h3-8,10,12-14,30H,9,11,15H2,1-2H3,(H,27,31). The predicted molar refractivity (Wildman–Crippen MR) is 127 cm³/mol. The van der Waals surface area contributed by atoms with Gasteiger partial charge in [-0.3, -0.25) is 9.59 Å². The molecule has 0 bridgehead atoms. The third-order valence-corrected chi connectivity index (χ3v) is 5.49. The second-order valence-corrected chi connectivity index (χ2v) is 7.99. The molecule has 1 amide bonds. The topological polar surface area (TPSA) is 111 Å². The fourth-order valence-electron chi connectivity index (χ4n) is 3.60. The fourth-order valence-corrected chi connectivity index (χ4v) is 3.60. The number of hydrogen-bond donors (Lipinski definition) is 2. The smallest absolute Gasteiger partial charge is 0.349 e. The summed E-state index contributed by atoms with van der Waals surface area (Å²) >= 11 is 0. The molecular formula is C26H24N2O6. The molecule has 174 valence electrons. The van der Waals surface area contributed by atoms with Crippen LogP contribution in [0.1, 0.15) is 27.2 Å². The van der Waals surface area contributed by atoms with Crippen LogP contribution in [0.5, 0.6) is 11.5 Å². The molecule has 4 aromatic rings. The summed E-state index contributed by atoms with van der Waals surface area (Å²) in [5, 5.41) is 13.0. The van der Waals surface area contributed by atoms with Crippen molar-refractivity contribution in [3.63, 3.8) is 0 Å². The zero-order valence-electron chi connectivity index (χ0n) is 18.8. The second-order valence-electron chi connectivity index (χ2n) is 7.99. The Kier molecular flexibility index (Phi) is 6.49. The van der Waals surface area contributed by atoms with Crippen molar-refractivity contribution in [2.24, 2.45) is 0 Å². The summed E-state index contributed by atoms with van der Waals surface area (Å²) in [6, 6.07) is 15.8. The Balaban J connectivity index is 1.43. The van der Waals surface area contributed by atoms with Gasteiger partial charge in [-0.2, -0.15) is 0 Å². The molecule has 0 aliphatic heterocycles. The van der Waals surface area contributed by atoms with Gasteiger partial charge in [-0.25, -0.2) is 4.79 Å². The first-order chi connectivity index (χ1) is 16.3. The summed E-state index contributed by atoms with van der Waals surface area (Å²) in [6.07, 6.45) is 1.53. The lowest BCUT2D eigenvalue weighted by atomic mass is 10.1. The summed E-state index contributed by atoms with van der Waals surface area (Å²) in [6.45, 7) is 4.50. The molecule has 0 fully saturated rings. The van der Waals surface area contributed by atoms with E-state index >= 15 is 0 Å². The molecule has 2 N–H and O–H groups in total. The molecule has 34 heavy (non-hydrogen) atoms. The minimum atomic E-state index is -0.752. The van der Waals surface area contributed by atoms with E-state index in [1.807, 2.05) is 31.2 Å². The Morgan fingerprint density at radius 1 is 1.09 bits per heavy atom. The van der Waals surface area contributed by atoms with E-state index in [4.69, 9.17) is 9.15 Å². The number of pyridine rings is 1. The van der Waals surface area contributed by atoms with Gasteiger partial charge in [0, 0.05) is 36.8 Å². The zero-order chi connectivity index (χ0) is 24.2. The van der Waals surface area contributed by atoms with Crippen molar-refractivity contribution < 1.29 is 19.1 Å². The Bertz CT molecular complexity index is 1490. The monoisotopic (exact) mass is 460 g/mol. The first kappa shape index (κ1) is 22.8. The van der Waals surface area contributed by atoms with Crippen molar-refractivity contribution in [2.75, 3.05) is 6.54 Å². The van der Waals surface area contributed by atoms with Crippen LogP contribution < -0.4 is 21.1 Å². The maximum Gasteiger partial charge on any atom is 0.349 e. The van der Waals surface area contributed by atoms with Crippen LogP contribution in [0.3, 0.4) is 0 Å². The predicted octanol–water partition coefficient (Wildman–Crippen LogP) is 3.29. The molecule has 0 saturated heterocycles. The summed E-state index contributed by atoms with van der Waals surface area (Å²) in [5.41, 5.74) is 1.56. The van der Waals surface area contributed by atoms with E-state index in [1.165, 1.54) is 18.3 Å². The van der Waals surface area contributed by atoms with Gasteiger partial charge in [0.15, 0.2) is 5.75 Å². The number of ether oxygens (including phenoxy) is 1. The molecule has 0 saturated carbocycles. The lowest BCUT2D eigenvalue weighted by Crippen LogP contribution is -2.31. The number of benzene rings is 2. The van der Waals surface area contributed by atoms with E-state index in [1.54, 1.807) is 29.7 Å². The fraction of sp³-hybridized carbons (Fsp3) is 0.192. The number of amides is 1. The van der Waals surface area contributed by atoms with E-state index in [2.05, 4.69) is 5.32 Å². The highest BCUT2D eigenvalue weighted by atomic mass is 16.5. The van der Waals surface area contributed by atoms with E-state index in [0.29, 0.717) is 35.6 Å². The second kappa shape index (κ2) is 9.66. The van der Waals surface area contributed by atoms with Gasteiger partial charge in [0.25, 0.3) is 5.91 Å². The number of fused-ring (bicyclic) bond motifs is 1. The molecule has 2 aromatic heterocycles. The molecule has 0 spiro atoms. The van der Waals surface area contributed by atoms with Gasteiger partial charge in [0.2, 0.25) is 5.43 Å². The van der Waals surface area contributed by atoms with Crippen molar-refractivity contribution in [2.45, 2.75) is 27.0 Å². The third-order valence-electron chi connectivity index (χ3n) is 5.49. The molecule has 4 rings (SSSR count). The third kappa shape index (κ3) is 5.01. The molecule has 2 aromatic carbocycles. The summed E-state index contributed by atoms with van der Waals surface area (Å²) < 4.78 is 12.8. The molecular weight excluding hydrogens is 436 g/mol. The average Bonchev–Trinajstić information content (AvgIpc) is 2.82. The Morgan fingerprint density at radius 3 is 2.71 bits per heavy atom. The van der Waals surface area contributed by atoms with Crippen LogP contribution in [0.4, 0.5) is 0 Å². The van der Waals surface area contributed by atoms with Gasteiger partial charge in [0.1, 0.15) is 23.5 Å². The lowest BCUT2D eigenvalue weighted by molar-refractivity contribution is 0.0948. The first-order valence-electron chi connectivity index (χ1n) is 10.8. The highest BCUT2D eigenvalue weighted by Crippen LogP contribution is 2.21. The maximum atomic E-state index is 12.6. The van der Waals surface area contributed by atoms with Crippen LogP contribution >= 0.6 is 0 Å². The van der Waals surface area contributed by atoms with Gasteiger partial charge in [-0.15, -0.1) is 0 Å². The van der Waals surface area contributed by atoms with Crippen molar-refractivity contribution in [1.82, 2.24) is 9.88 Å². The van der Waals surface area contributed by atoms with E-state index < -0.39 is 17.0 Å². The SMILES string of the molecule is Cc1cccc(COc2ccc3cc(C(=O)NCCn4ccc(=O)c(O)c4C)c(=O)oc3c2)c1. The van der Waals surface area contributed by atoms with Gasteiger partial charge in [-0.05, 0) is 37.6 Å². The number of carbonyl (C=O) groups excluding carboxylic acids is 1. The van der Waals surface area contributed by atoms with Gasteiger partial charge < -0.3 is 24.1 Å². The first-order valence-corrected chi connectivity index (χ1v) is 10.8. The highest BCUT2D eigenvalue weighted by Gasteiger charge is 2.14. The van der Waals surface area contributed by atoms with Gasteiger partial charge in [-0.1, -0.05) is 29.8 Å².